The van der Waals surface area contributed by atoms with E-state index in [-0.39, 0.29) is 35.4 Å². The van der Waals surface area contributed by atoms with E-state index in [9.17, 15) is 4.79 Å². The highest BCUT2D eigenvalue weighted by atomic mass is 127. The van der Waals surface area contributed by atoms with Crippen LogP contribution in [0, 0.1) is 5.92 Å². The van der Waals surface area contributed by atoms with Gasteiger partial charge in [0, 0.05) is 31.6 Å². The standard InChI is InChI=1S/C22H41N5O.HI/c1-2-24-21(26-13-9-10-19(17-26)16-20(23)28)25-18-22(11-5-3-6-12-22)27-14-7-4-8-15-27;/h19H,2-18H2,1H3,(H2,23,28)(H,24,25);1H. The minimum atomic E-state index is -0.181. The van der Waals surface area contributed by atoms with Gasteiger partial charge in [0.05, 0.1) is 6.54 Å². The van der Waals surface area contributed by atoms with Crippen LogP contribution in [0.3, 0.4) is 0 Å². The van der Waals surface area contributed by atoms with Crippen molar-refractivity contribution in [2.24, 2.45) is 16.6 Å². The smallest absolute Gasteiger partial charge is 0.217 e. The van der Waals surface area contributed by atoms with Gasteiger partial charge in [-0.2, -0.15) is 0 Å². The SMILES string of the molecule is CCNC(=NCC1(N2CCCCC2)CCCCC1)N1CCCC(CC(N)=O)C1.I. The molecule has 3 N–H and O–H groups in total. The van der Waals surface area contributed by atoms with Crippen molar-refractivity contribution < 1.29 is 4.79 Å². The molecule has 0 spiro atoms. The lowest BCUT2D eigenvalue weighted by Crippen LogP contribution is -2.55. The summed E-state index contributed by atoms with van der Waals surface area (Å²) in [7, 11) is 0. The fraction of sp³-hybridized carbons (Fsp3) is 0.909. The summed E-state index contributed by atoms with van der Waals surface area (Å²) < 4.78 is 0. The molecule has 0 radical (unpaired) electrons. The van der Waals surface area contributed by atoms with Gasteiger partial charge < -0.3 is 16.0 Å². The third-order valence-corrected chi connectivity index (χ3v) is 6.98. The number of primary amides is 1. The summed E-state index contributed by atoms with van der Waals surface area (Å²) in [5.74, 6) is 1.22. The number of piperidine rings is 2. The van der Waals surface area contributed by atoms with Gasteiger partial charge in [-0.1, -0.05) is 25.7 Å². The number of hydrogen-bond acceptors (Lipinski definition) is 3. The van der Waals surface area contributed by atoms with Gasteiger partial charge in [0.2, 0.25) is 5.91 Å². The summed E-state index contributed by atoms with van der Waals surface area (Å²) in [6.07, 6.45) is 13.4. The number of guanidine groups is 1. The molecule has 1 amide bonds. The lowest BCUT2D eigenvalue weighted by Gasteiger charge is -2.47. The van der Waals surface area contributed by atoms with Crippen LogP contribution in [0.25, 0.3) is 0 Å². The number of rotatable bonds is 6. The van der Waals surface area contributed by atoms with E-state index in [1.54, 1.807) is 0 Å². The van der Waals surface area contributed by atoms with Gasteiger partial charge in [-0.15, -0.1) is 24.0 Å². The third kappa shape index (κ3) is 6.97. The van der Waals surface area contributed by atoms with Crippen molar-refractivity contribution in [2.45, 2.75) is 83.1 Å². The number of amides is 1. The molecule has 0 aromatic heterocycles. The van der Waals surface area contributed by atoms with Gasteiger partial charge in [-0.3, -0.25) is 14.7 Å². The van der Waals surface area contributed by atoms with Gasteiger partial charge in [0.1, 0.15) is 0 Å². The van der Waals surface area contributed by atoms with Crippen LogP contribution < -0.4 is 11.1 Å². The first kappa shape index (κ1) is 24.7. The van der Waals surface area contributed by atoms with Gasteiger partial charge >= 0.3 is 0 Å². The molecule has 3 fully saturated rings. The Morgan fingerprint density at radius 3 is 2.41 bits per heavy atom. The number of halogens is 1. The van der Waals surface area contributed by atoms with E-state index in [2.05, 4.69) is 22.0 Å². The number of nitrogens with two attached hydrogens (primary N) is 1. The minimum absolute atomic E-state index is 0. The van der Waals surface area contributed by atoms with E-state index >= 15 is 0 Å². The summed E-state index contributed by atoms with van der Waals surface area (Å²) in [5, 5.41) is 3.53. The maximum atomic E-state index is 11.4. The topological polar surface area (TPSA) is 74.0 Å². The molecular formula is C22H42IN5O. The maximum absolute atomic E-state index is 11.4. The molecule has 3 rings (SSSR count). The molecule has 29 heavy (non-hydrogen) atoms. The van der Waals surface area contributed by atoms with Crippen LogP contribution in [-0.4, -0.2) is 66.5 Å². The van der Waals surface area contributed by atoms with Crippen LogP contribution in [0.4, 0.5) is 0 Å². The van der Waals surface area contributed by atoms with Crippen LogP contribution >= 0.6 is 24.0 Å². The number of likely N-dealkylation sites (tertiary alicyclic amines) is 2. The molecule has 1 atom stereocenters. The molecule has 2 heterocycles. The fourth-order valence-corrected chi connectivity index (χ4v) is 5.51. The Bertz CT molecular complexity index is 529. The molecule has 3 aliphatic rings. The highest BCUT2D eigenvalue weighted by Crippen LogP contribution is 2.36. The number of carbonyl (C=O) groups excluding carboxylic acids is 1. The lowest BCUT2D eigenvalue weighted by molar-refractivity contribution is -0.119. The Labute approximate surface area is 194 Å². The summed E-state index contributed by atoms with van der Waals surface area (Å²) in [6, 6.07) is 0. The third-order valence-electron chi connectivity index (χ3n) is 6.98. The lowest BCUT2D eigenvalue weighted by atomic mass is 9.79. The Balaban J connectivity index is 0.00000300. The Morgan fingerprint density at radius 1 is 1.07 bits per heavy atom. The molecule has 1 unspecified atom stereocenters. The summed E-state index contributed by atoms with van der Waals surface area (Å²) in [6.45, 7) is 8.34. The molecular weight excluding hydrogens is 477 g/mol. The molecule has 2 saturated heterocycles. The molecule has 2 aliphatic heterocycles. The number of nitrogens with zero attached hydrogens (tertiary/aromatic N) is 3. The van der Waals surface area contributed by atoms with Crippen LogP contribution in [0.15, 0.2) is 4.99 Å². The molecule has 0 aromatic rings. The Kier molecular flexibility index (Phi) is 10.5. The van der Waals surface area contributed by atoms with Crippen LogP contribution in [0.1, 0.15) is 77.6 Å². The predicted molar refractivity (Wildman–Crippen MR) is 131 cm³/mol. The zero-order valence-electron chi connectivity index (χ0n) is 18.3. The average Bonchev–Trinajstić information content (AvgIpc) is 2.72. The summed E-state index contributed by atoms with van der Waals surface area (Å²) in [5.41, 5.74) is 5.72. The first-order valence-electron chi connectivity index (χ1n) is 11.7. The zero-order chi connectivity index (χ0) is 19.8. The van der Waals surface area contributed by atoms with Crippen LogP contribution in [-0.2, 0) is 4.79 Å². The van der Waals surface area contributed by atoms with Gasteiger partial charge in [-0.05, 0) is 64.5 Å². The van der Waals surface area contributed by atoms with Gasteiger partial charge in [-0.25, -0.2) is 0 Å². The number of hydrogen-bond donors (Lipinski definition) is 2. The van der Waals surface area contributed by atoms with E-state index in [1.165, 1.54) is 64.5 Å². The van der Waals surface area contributed by atoms with E-state index in [4.69, 9.17) is 10.7 Å². The first-order chi connectivity index (χ1) is 13.6. The van der Waals surface area contributed by atoms with Crippen LogP contribution in [0.5, 0.6) is 0 Å². The van der Waals surface area contributed by atoms with E-state index in [1.807, 2.05) is 0 Å². The van der Waals surface area contributed by atoms with E-state index in [0.29, 0.717) is 12.3 Å². The molecule has 0 aromatic carbocycles. The first-order valence-corrected chi connectivity index (χ1v) is 11.7. The Hall–Kier alpha value is -0.570. The molecule has 7 heteroatoms. The minimum Gasteiger partial charge on any atom is -0.370 e. The second-order valence-corrected chi connectivity index (χ2v) is 9.13. The number of carbonyl (C=O) groups is 1. The van der Waals surface area contributed by atoms with E-state index < -0.39 is 0 Å². The van der Waals surface area contributed by atoms with Crippen molar-refractivity contribution in [3.8, 4) is 0 Å². The average molecular weight is 520 g/mol. The van der Waals surface area contributed by atoms with Gasteiger partial charge in [0.25, 0.3) is 0 Å². The van der Waals surface area contributed by atoms with Crippen molar-refractivity contribution in [3.05, 3.63) is 0 Å². The quantitative estimate of drug-likeness (QED) is 0.321. The van der Waals surface area contributed by atoms with Crippen molar-refractivity contribution in [1.82, 2.24) is 15.1 Å². The normalized spacial score (nSPS) is 25.9. The Morgan fingerprint density at radius 2 is 1.76 bits per heavy atom. The number of aliphatic imine (C=N–C) groups is 1. The molecule has 6 nitrogen and oxygen atoms in total. The molecule has 1 saturated carbocycles. The second-order valence-electron chi connectivity index (χ2n) is 9.13. The van der Waals surface area contributed by atoms with Gasteiger partial charge in [0.15, 0.2) is 5.96 Å². The van der Waals surface area contributed by atoms with E-state index in [0.717, 1.165) is 45.0 Å². The van der Waals surface area contributed by atoms with Crippen molar-refractivity contribution in [3.63, 3.8) is 0 Å². The maximum Gasteiger partial charge on any atom is 0.217 e. The zero-order valence-corrected chi connectivity index (χ0v) is 20.7. The van der Waals surface area contributed by atoms with Crippen molar-refractivity contribution in [2.75, 3.05) is 39.3 Å². The summed E-state index contributed by atoms with van der Waals surface area (Å²) in [4.78, 5) is 21.7. The monoisotopic (exact) mass is 519 g/mol. The molecule has 0 bridgehead atoms. The summed E-state index contributed by atoms with van der Waals surface area (Å²) >= 11 is 0. The predicted octanol–water partition coefficient (Wildman–Crippen LogP) is 3.35. The van der Waals surface area contributed by atoms with Crippen molar-refractivity contribution >= 4 is 35.8 Å². The van der Waals surface area contributed by atoms with Crippen LogP contribution in [0.2, 0.25) is 0 Å². The largest absolute Gasteiger partial charge is 0.370 e. The highest BCUT2D eigenvalue weighted by Gasteiger charge is 2.38. The highest BCUT2D eigenvalue weighted by molar-refractivity contribution is 14.0. The molecule has 1 aliphatic carbocycles. The fourth-order valence-electron chi connectivity index (χ4n) is 5.51. The second kappa shape index (κ2) is 12.3. The van der Waals surface area contributed by atoms with Crippen molar-refractivity contribution in [1.29, 1.82) is 0 Å². The molecule has 168 valence electrons. The number of nitrogens with one attached hydrogen (secondary N) is 1.